The first-order chi connectivity index (χ1) is 7.53. The second-order valence-corrected chi connectivity index (χ2v) is 7.01. The van der Waals surface area contributed by atoms with Crippen LogP contribution in [0.2, 0.25) is 0 Å². The molecule has 0 amide bonds. The van der Waals surface area contributed by atoms with Gasteiger partial charge in [-0.05, 0) is 30.2 Å². The molecule has 0 aliphatic carbocycles. The summed E-state index contributed by atoms with van der Waals surface area (Å²) in [6.07, 6.45) is 1.60. The van der Waals surface area contributed by atoms with Crippen molar-refractivity contribution in [1.82, 2.24) is 4.72 Å². The van der Waals surface area contributed by atoms with E-state index in [2.05, 4.69) is 17.7 Å². The van der Waals surface area contributed by atoms with Crippen LogP contribution in [0, 0.1) is 5.92 Å². The Balaban J connectivity index is 2.33. The van der Waals surface area contributed by atoms with Gasteiger partial charge in [0, 0.05) is 11.4 Å². The molecule has 92 valence electrons. The van der Waals surface area contributed by atoms with Crippen LogP contribution in [0.25, 0.3) is 0 Å². The maximum absolute atomic E-state index is 11.4. The standard InChI is InChI=1S/C11H19NO2S2/c1-3-7-16(13,14)12-9-10(2)8-11-5-4-6-15-11/h4-6,10,12H,3,7-9H2,1-2H3/t10-/m1/s1. The second-order valence-electron chi connectivity index (χ2n) is 4.06. The lowest BCUT2D eigenvalue weighted by molar-refractivity contribution is 0.539. The predicted octanol–water partition coefficient (Wildman–Crippen LogP) is 2.26. The fourth-order valence-corrected chi connectivity index (χ4v) is 3.54. The Bertz CT molecular complexity index is 384. The molecule has 1 aromatic rings. The molecule has 0 unspecified atom stereocenters. The molecule has 0 aliphatic rings. The number of thiophene rings is 1. The van der Waals surface area contributed by atoms with Gasteiger partial charge in [0.1, 0.15) is 0 Å². The summed E-state index contributed by atoms with van der Waals surface area (Å²) in [5.74, 6) is 0.559. The maximum Gasteiger partial charge on any atom is 0.211 e. The molecule has 16 heavy (non-hydrogen) atoms. The largest absolute Gasteiger partial charge is 0.215 e. The molecule has 0 spiro atoms. The number of nitrogens with one attached hydrogen (secondary N) is 1. The third kappa shape index (κ3) is 5.09. The molecule has 3 nitrogen and oxygen atoms in total. The highest BCUT2D eigenvalue weighted by Crippen LogP contribution is 2.13. The van der Waals surface area contributed by atoms with E-state index in [9.17, 15) is 8.42 Å². The topological polar surface area (TPSA) is 46.2 Å². The highest BCUT2D eigenvalue weighted by molar-refractivity contribution is 7.89. The summed E-state index contributed by atoms with van der Waals surface area (Å²) >= 11 is 1.72. The maximum atomic E-state index is 11.4. The highest BCUT2D eigenvalue weighted by Gasteiger charge is 2.11. The second kappa shape index (κ2) is 6.37. The first kappa shape index (κ1) is 13.7. The molecule has 0 saturated heterocycles. The molecule has 1 N–H and O–H groups in total. The highest BCUT2D eigenvalue weighted by atomic mass is 32.2. The van der Waals surface area contributed by atoms with Gasteiger partial charge < -0.3 is 0 Å². The van der Waals surface area contributed by atoms with E-state index in [1.807, 2.05) is 18.4 Å². The van der Waals surface area contributed by atoms with Gasteiger partial charge in [0.05, 0.1) is 5.75 Å². The Hall–Kier alpha value is -0.390. The Morgan fingerprint density at radius 1 is 1.50 bits per heavy atom. The van der Waals surface area contributed by atoms with Crippen LogP contribution in [0.5, 0.6) is 0 Å². The molecule has 0 bridgehead atoms. The third-order valence-corrected chi connectivity index (χ3v) is 4.71. The van der Waals surface area contributed by atoms with Gasteiger partial charge in [-0.25, -0.2) is 13.1 Å². The van der Waals surface area contributed by atoms with Gasteiger partial charge in [-0.1, -0.05) is 19.9 Å². The molecular formula is C11H19NO2S2. The average Bonchev–Trinajstić information content (AvgIpc) is 2.68. The monoisotopic (exact) mass is 261 g/mol. The van der Waals surface area contributed by atoms with Crippen LogP contribution in [-0.4, -0.2) is 20.7 Å². The fourth-order valence-electron chi connectivity index (χ4n) is 1.45. The van der Waals surface area contributed by atoms with E-state index >= 15 is 0 Å². The van der Waals surface area contributed by atoms with E-state index < -0.39 is 10.0 Å². The molecule has 0 saturated carbocycles. The molecule has 5 heteroatoms. The van der Waals surface area contributed by atoms with E-state index in [-0.39, 0.29) is 5.75 Å². The zero-order valence-electron chi connectivity index (χ0n) is 9.77. The lowest BCUT2D eigenvalue weighted by atomic mass is 10.1. The lowest BCUT2D eigenvalue weighted by Crippen LogP contribution is -2.30. The number of sulfonamides is 1. The predicted molar refractivity (Wildman–Crippen MR) is 69.3 cm³/mol. The summed E-state index contributed by atoms with van der Waals surface area (Å²) in [6.45, 7) is 4.46. The number of hydrogen-bond donors (Lipinski definition) is 1. The van der Waals surface area contributed by atoms with Gasteiger partial charge in [0.25, 0.3) is 0 Å². The Morgan fingerprint density at radius 3 is 2.81 bits per heavy atom. The minimum Gasteiger partial charge on any atom is -0.215 e. The smallest absolute Gasteiger partial charge is 0.211 e. The Kier molecular flexibility index (Phi) is 5.44. The van der Waals surface area contributed by atoms with E-state index in [4.69, 9.17) is 0 Å². The van der Waals surface area contributed by atoms with Crippen molar-refractivity contribution in [3.8, 4) is 0 Å². The van der Waals surface area contributed by atoms with E-state index in [1.54, 1.807) is 11.3 Å². The molecule has 1 rings (SSSR count). The summed E-state index contributed by atoms with van der Waals surface area (Å²) in [5.41, 5.74) is 0. The first-order valence-electron chi connectivity index (χ1n) is 5.53. The van der Waals surface area contributed by atoms with Crippen molar-refractivity contribution in [3.05, 3.63) is 22.4 Å². The van der Waals surface area contributed by atoms with Gasteiger partial charge in [0.15, 0.2) is 0 Å². The minimum atomic E-state index is -3.05. The quantitative estimate of drug-likeness (QED) is 0.818. The lowest BCUT2D eigenvalue weighted by Gasteiger charge is -2.11. The van der Waals surface area contributed by atoms with Crippen molar-refractivity contribution >= 4 is 21.4 Å². The Labute approximate surface area is 102 Å². The summed E-state index contributed by atoms with van der Waals surface area (Å²) in [7, 11) is -3.05. The van der Waals surface area contributed by atoms with Crippen LogP contribution in [0.1, 0.15) is 25.1 Å². The summed E-state index contributed by atoms with van der Waals surface area (Å²) in [6, 6.07) is 4.11. The van der Waals surface area contributed by atoms with Gasteiger partial charge in [-0.2, -0.15) is 0 Å². The molecular weight excluding hydrogens is 242 g/mol. The van der Waals surface area contributed by atoms with Crippen LogP contribution < -0.4 is 4.72 Å². The number of rotatable bonds is 7. The third-order valence-electron chi connectivity index (χ3n) is 2.25. The fraction of sp³-hybridized carbons (Fsp3) is 0.636. The molecule has 0 aliphatic heterocycles. The average molecular weight is 261 g/mol. The SMILES string of the molecule is CCCS(=O)(=O)NC[C@H](C)Cc1cccs1. The van der Waals surface area contributed by atoms with Gasteiger partial charge in [-0.3, -0.25) is 0 Å². The van der Waals surface area contributed by atoms with Gasteiger partial charge >= 0.3 is 0 Å². The first-order valence-corrected chi connectivity index (χ1v) is 8.06. The molecule has 1 aromatic heterocycles. The van der Waals surface area contributed by atoms with Crippen molar-refractivity contribution in [2.45, 2.75) is 26.7 Å². The van der Waals surface area contributed by atoms with Crippen LogP contribution in [-0.2, 0) is 16.4 Å². The van der Waals surface area contributed by atoms with Crippen LogP contribution in [0.4, 0.5) is 0 Å². The summed E-state index contributed by atoms with van der Waals surface area (Å²) < 4.78 is 25.5. The molecule has 1 heterocycles. The van der Waals surface area contributed by atoms with Gasteiger partial charge in [0.2, 0.25) is 10.0 Å². The van der Waals surface area contributed by atoms with Crippen molar-refractivity contribution in [2.24, 2.45) is 5.92 Å². The van der Waals surface area contributed by atoms with Crippen LogP contribution in [0.3, 0.4) is 0 Å². The molecule has 0 radical (unpaired) electrons. The van der Waals surface area contributed by atoms with E-state index in [1.165, 1.54) is 4.88 Å². The van der Waals surface area contributed by atoms with Crippen molar-refractivity contribution in [2.75, 3.05) is 12.3 Å². The van der Waals surface area contributed by atoms with Crippen molar-refractivity contribution < 1.29 is 8.42 Å². The summed E-state index contributed by atoms with van der Waals surface area (Å²) in [5, 5.41) is 2.04. The number of hydrogen-bond acceptors (Lipinski definition) is 3. The molecule has 1 atom stereocenters. The van der Waals surface area contributed by atoms with Crippen molar-refractivity contribution in [3.63, 3.8) is 0 Å². The normalized spacial score (nSPS) is 13.9. The molecule has 0 aromatic carbocycles. The molecule has 0 fully saturated rings. The summed E-state index contributed by atoms with van der Waals surface area (Å²) in [4.78, 5) is 1.31. The minimum absolute atomic E-state index is 0.221. The zero-order valence-corrected chi connectivity index (χ0v) is 11.4. The van der Waals surface area contributed by atoms with E-state index in [0.717, 1.165) is 6.42 Å². The van der Waals surface area contributed by atoms with Crippen molar-refractivity contribution in [1.29, 1.82) is 0 Å². The van der Waals surface area contributed by atoms with Gasteiger partial charge in [-0.15, -0.1) is 11.3 Å². The Morgan fingerprint density at radius 2 is 2.25 bits per heavy atom. The van der Waals surface area contributed by atoms with Crippen LogP contribution >= 0.6 is 11.3 Å². The van der Waals surface area contributed by atoms with Crippen LogP contribution in [0.15, 0.2) is 17.5 Å². The van der Waals surface area contributed by atoms with E-state index in [0.29, 0.717) is 18.9 Å². The zero-order chi connectivity index (χ0) is 12.0.